The largest absolute Gasteiger partial charge is 0.332 e. The van der Waals surface area contributed by atoms with Crippen LogP contribution in [0.15, 0.2) is 60.0 Å². The van der Waals surface area contributed by atoms with Crippen LogP contribution in [0.2, 0.25) is 0 Å². The number of nitrogens with zero attached hydrogens (tertiary/aromatic N) is 3. The molecule has 166 valence electrons. The lowest BCUT2D eigenvalue weighted by Crippen LogP contribution is -2.37. The number of likely N-dealkylation sites (tertiary alicyclic amines) is 1. The van der Waals surface area contributed by atoms with Gasteiger partial charge in [0.15, 0.2) is 0 Å². The van der Waals surface area contributed by atoms with E-state index in [4.69, 9.17) is 4.98 Å². The predicted octanol–water partition coefficient (Wildman–Crippen LogP) is 4.49. The Morgan fingerprint density at radius 1 is 0.970 bits per heavy atom. The van der Waals surface area contributed by atoms with E-state index >= 15 is 0 Å². The van der Waals surface area contributed by atoms with Gasteiger partial charge in [-0.2, -0.15) is 0 Å². The zero-order chi connectivity index (χ0) is 22.6. The predicted molar refractivity (Wildman–Crippen MR) is 130 cm³/mol. The monoisotopic (exact) mass is 455 g/mol. The molecular weight excluding hydrogens is 430 g/mol. The molecule has 0 unspecified atom stereocenters. The van der Waals surface area contributed by atoms with Crippen molar-refractivity contribution in [1.29, 1.82) is 0 Å². The maximum absolute atomic E-state index is 13.2. The molecule has 2 aliphatic rings. The topological polar surface area (TPSA) is 53.5 Å². The highest BCUT2D eigenvalue weighted by Gasteiger charge is 2.28. The summed E-state index contributed by atoms with van der Waals surface area (Å²) in [5, 5.41) is 2.88. The molecule has 0 N–H and O–H groups in total. The van der Waals surface area contributed by atoms with Crippen molar-refractivity contribution in [2.75, 3.05) is 24.5 Å². The van der Waals surface area contributed by atoms with Gasteiger partial charge in [-0.1, -0.05) is 42.3 Å². The van der Waals surface area contributed by atoms with Crippen LogP contribution in [0, 0.1) is 11.8 Å². The summed E-state index contributed by atoms with van der Waals surface area (Å²) in [5.74, 6) is 5.83. The highest BCUT2D eigenvalue weighted by atomic mass is 32.1. The molecule has 3 heterocycles. The Morgan fingerprint density at radius 2 is 1.73 bits per heavy atom. The van der Waals surface area contributed by atoms with Gasteiger partial charge in [-0.25, -0.2) is 4.98 Å². The van der Waals surface area contributed by atoms with Crippen LogP contribution in [-0.2, 0) is 11.2 Å². The van der Waals surface area contributed by atoms with Crippen LogP contribution in [0.4, 0.5) is 5.69 Å². The Hall–Kier alpha value is -3.43. The fraction of sp³-hybridized carbons (Fsp3) is 0.296. The summed E-state index contributed by atoms with van der Waals surface area (Å²) in [4.78, 5) is 34.1. The van der Waals surface area contributed by atoms with Gasteiger partial charge in [0.2, 0.25) is 0 Å². The molecule has 2 aromatic carbocycles. The van der Waals surface area contributed by atoms with Gasteiger partial charge in [-0.15, -0.1) is 11.3 Å². The van der Waals surface area contributed by atoms with E-state index in [0.717, 1.165) is 48.5 Å². The lowest BCUT2D eigenvalue weighted by atomic mass is 9.97. The molecule has 0 aliphatic carbocycles. The highest BCUT2D eigenvalue weighted by molar-refractivity contribution is 7.10. The molecule has 5 rings (SSSR count). The maximum atomic E-state index is 13.2. The second-order valence-corrected chi connectivity index (χ2v) is 9.33. The van der Waals surface area contributed by atoms with E-state index in [9.17, 15) is 9.59 Å². The standard InChI is InChI=1S/C27H25N3O2S/c31-25(13-12-20-7-2-1-3-8-20)29-17-14-22(15-18-29)26-28-23(19-33-26)27(32)30-16-6-10-21-9-4-5-11-24(21)30/h1-5,7-9,11,19,22H,6,10,14-18H2. The first kappa shape index (κ1) is 21.4. The number of fused-ring (bicyclic) bond motifs is 1. The molecule has 6 heteroatoms. The maximum Gasteiger partial charge on any atom is 0.298 e. The number of carbonyl (C=O) groups is 2. The van der Waals surface area contributed by atoms with Crippen LogP contribution in [0.3, 0.4) is 0 Å². The Morgan fingerprint density at radius 3 is 2.55 bits per heavy atom. The number of piperidine rings is 1. The number of thiazole rings is 1. The molecule has 1 aromatic heterocycles. The Kier molecular flexibility index (Phi) is 6.23. The molecule has 2 amide bonds. The van der Waals surface area contributed by atoms with Crippen molar-refractivity contribution in [3.8, 4) is 11.8 Å². The number of rotatable bonds is 2. The summed E-state index contributed by atoms with van der Waals surface area (Å²) < 4.78 is 0. The first-order valence-electron chi connectivity index (χ1n) is 11.4. The van der Waals surface area contributed by atoms with E-state index in [0.29, 0.717) is 18.8 Å². The number of hydrogen-bond donors (Lipinski definition) is 0. The number of carbonyl (C=O) groups excluding carboxylic acids is 2. The van der Waals surface area contributed by atoms with Gasteiger partial charge in [0.05, 0.1) is 5.01 Å². The van der Waals surface area contributed by atoms with Crippen LogP contribution in [-0.4, -0.2) is 41.3 Å². The molecule has 3 aromatic rings. The van der Waals surface area contributed by atoms with Gasteiger partial charge in [0.1, 0.15) is 5.69 Å². The van der Waals surface area contributed by atoms with Crippen LogP contribution in [0.25, 0.3) is 0 Å². The lowest BCUT2D eigenvalue weighted by Gasteiger charge is -2.30. The van der Waals surface area contributed by atoms with Crippen LogP contribution in [0.5, 0.6) is 0 Å². The SMILES string of the molecule is O=C(C#Cc1ccccc1)N1CCC(c2nc(C(=O)N3CCCc4ccccc43)cs2)CC1. The molecule has 0 radical (unpaired) electrons. The number of benzene rings is 2. The molecule has 1 saturated heterocycles. The third-order valence-electron chi connectivity index (χ3n) is 6.32. The summed E-state index contributed by atoms with van der Waals surface area (Å²) in [6.07, 6.45) is 3.66. The van der Waals surface area contributed by atoms with Crippen molar-refractivity contribution >= 4 is 28.8 Å². The summed E-state index contributed by atoms with van der Waals surface area (Å²) in [7, 11) is 0. The number of aromatic nitrogens is 1. The summed E-state index contributed by atoms with van der Waals surface area (Å²) in [6, 6.07) is 17.7. The molecule has 0 spiro atoms. The van der Waals surface area contributed by atoms with Gasteiger partial charge in [-0.3, -0.25) is 9.59 Å². The van der Waals surface area contributed by atoms with Crippen molar-refractivity contribution in [2.24, 2.45) is 0 Å². The smallest absolute Gasteiger partial charge is 0.298 e. The van der Waals surface area contributed by atoms with Gasteiger partial charge in [-0.05, 0) is 49.4 Å². The summed E-state index contributed by atoms with van der Waals surface area (Å²) in [5.41, 5.74) is 3.60. The molecular formula is C27H25N3O2S. The Labute approximate surface area is 198 Å². The first-order chi connectivity index (χ1) is 16.2. The second kappa shape index (κ2) is 9.60. The van der Waals surface area contributed by atoms with E-state index in [1.54, 1.807) is 11.3 Å². The average Bonchev–Trinajstić information content (AvgIpc) is 3.38. The molecule has 0 bridgehead atoms. The van der Waals surface area contributed by atoms with E-state index in [2.05, 4.69) is 17.9 Å². The number of hydrogen-bond acceptors (Lipinski definition) is 4. The number of para-hydroxylation sites is 1. The summed E-state index contributed by atoms with van der Waals surface area (Å²) in [6.45, 7) is 2.05. The van der Waals surface area contributed by atoms with E-state index in [1.807, 2.05) is 63.7 Å². The number of aryl methyl sites for hydroxylation is 1. The van der Waals surface area contributed by atoms with Gasteiger partial charge in [0, 0.05) is 48.1 Å². The zero-order valence-electron chi connectivity index (χ0n) is 18.4. The third kappa shape index (κ3) is 4.69. The van der Waals surface area contributed by atoms with Crippen molar-refractivity contribution in [3.05, 3.63) is 81.8 Å². The van der Waals surface area contributed by atoms with E-state index in [-0.39, 0.29) is 17.7 Å². The minimum absolute atomic E-state index is 0.0200. The highest BCUT2D eigenvalue weighted by Crippen LogP contribution is 2.32. The second-order valence-electron chi connectivity index (χ2n) is 8.44. The summed E-state index contributed by atoms with van der Waals surface area (Å²) >= 11 is 1.56. The lowest BCUT2D eigenvalue weighted by molar-refractivity contribution is -0.126. The zero-order valence-corrected chi connectivity index (χ0v) is 19.2. The van der Waals surface area contributed by atoms with Crippen molar-refractivity contribution in [2.45, 2.75) is 31.6 Å². The number of amides is 2. The van der Waals surface area contributed by atoms with Crippen LogP contribution < -0.4 is 4.90 Å². The quantitative estimate of drug-likeness (QED) is 0.535. The van der Waals surface area contributed by atoms with E-state index in [1.165, 1.54) is 5.56 Å². The normalized spacial score (nSPS) is 16.0. The first-order valence-corrected chi connectivity index (χ1v) is 12.3. The molecule has 1 fully saturated rings. The van der Waals surface area contributed by atoms with Crippen LogP contribution >= 0.6 is 11.3 Å². The van der Waals surface area contributed by atoms with Crippen molar-refractivity contribution in [1.82, 2.24) is 9.88 Å². The molecule has 2 aliphatic heterocycles. The molecule has 0 saturated carbocycles. The van der Waals surface area contributed by atoms with Gasteiger partial charge < -0.3 is 9.80 Å². The van der Waals surface area contributed by atoms with E-state index < -0.39 is 0 Å². The fourth-order valence-corrected chi connectivity index (χ4v) is 5.48. The Balaban J connectivity index is 1.21. The molecule has 33 heavy (non-hydrogen) atoms. The van der Waals surface area contributed by atoms with Crippen molar-refractivity contribution < 1.29 is 9.59 Å². The minimum atomic E-state index is -0.129. The fourth-order valence-electron chi connectivity index (χ4n) is 4.51. The van der Waals surface area contributed by atoms with Gasteiger partial charge in [0.25, 0.3) is 11.8 Å². The molecule has 0 atom stereocenters. The Bertz CT molecular complexity index is 1220. The van der Waals surface area contributed by atoms with Crippen molar-refractivity contribution in [3.63, 3.8) is 0 Å². The van der Waals surface area contributed by atoms with Gasteiger partial charge >= 0.3 is 0 Å². The average molecular weight is 456 g/mol. The third-order valence-corrected chi connectivity index (χ3v) is 7.32. The molecule has 5 nitrogen and oxygen atoms in total. The minimum Gasteiger partial charge on any atom is -0.332 e. The van der Waals surface area contributed by atoms with Crippen LogP contribution in [0.1, 0.15) is 51.8 Å². The number of anilines is 1.